The van der Waals surface area contributed by atoms with E-state index in [1.165, 1.54) is 11.1 Å². The highest BCUT2D eigenvalue weighted by atomic mass is 35.5. The summed E-state index contributed by atoms with van der Waals surface area (Å²) in [6, 6.07) is 6.50. The van der Waals surface area contributed by atoms with E-state index in [0.29, 0.717) is 6.04 Å². The van der Waals surface area contributed by atoms with Gasteiger partial charge in [0.05, 0.1) is 0 Å². The molecular weight excluding hydrogens is 208 g/mol. The second-order valence-electron chi connectivity index (χ2n) is 3.86. The monoisotopic (exact) mass is 226 g/mol. The average molecular weight is 227 g/mol. The zero-order valence-electron chi connectivity index (χ0n) is 9.60. The van der Waals surface area contributed by atoms with E-state index >= 15 is 0 Å². The van der Waals surface area contributed by atoms with Gasteiger partial charge in [0, 0.05) is 24.2 Å². The lowest BCUT2D eigenvalue weighted by atomic mass is 10.1. The molecular formula is C12H19ClN2. The summed E-state index contributed by atoms with van der Waals surface area (Å²) in [7, 11) is 1.96. The molecule has 0 fully saturated rings. The number of nitrogens with one attached hydrogen (secondary N) is 2. The van der Waals surface area contributed by atoms with Crippen LogP contribution in [-0.4, -0.2) is 19.6 Å². The molecule has 0 bridgehead atoms. The van der Waals surface area contributed by atoms with Crippen LogP contribution in [0.25, 0.3) is 0 Å². The molecule has 0 aliphatic rings. The Morgan fingerprint density at radius 1 is 1.40 bits per heavy atom. The van der Waals surface area contributed by atoms with Crippen molar-refractivity contribution < 1.29 is 0 Å². The van der Waals surface area contributed by atoms with Gasteiger partial charge in [-0.3, -0.25) is 0 Å². The number of hydrogen-bond donors (Lipinski definition) is 2. The highest BCUT2D eigenvalue weighted by Crippen LogP contribution is 2.18. The summed E-state index contributed by atoms with van der Waals surface area (Å²) in [6.07, 6.45) is 0. The maximum absolute atomic E-state index is 6.05. The third-order valence-corrected chi connectivity index (χ3v) is 2.94. The van der Waals surface area contributed by atoms with Crippen molar-refractivity contribution in [2.24, 2.45) is 0 Å². The lowest BCUT2D eigenvalue weighted by Gasteiger charge is -2.14. The largest absolute Gasteiger partial charge is 0.318 e. The fourth-order valence-electron chi connectivity index (χ4n) is 1.51. The van der Waals surface area contributed by atoms with E-state index in [0.717, 1.165) is 18.1 Å². The summed E-state index contributed by atoms with van der Waals surface area (Å²) in [5.74, 6) is 0. The van der Waals surface area contributed by atoms with Crippen molar-refractivity contribution in [3.63, 3.8) is 0 Å². The minimum absolute atomic E-state index is 0.466. The van der Waals surface area contributed by atoms with Gasteiger partial charge in [-0.1, -0.05) is 23.7 Å². The van der Waals surface area contributed by atoms with E-state index in [2.05, 4.69) is 30.5 Å². The quantitative estimate of drug-likeness (QED) is 0.806. The SMILES string of the molecule is CNCC(C)NCc1cccc(Cl)c1C. The molecule has 0 aliphatic heterocycles. The van der Waals surface area contributed by atoms with E-state index in [1.54, 1.807) is 0 Å². The maximum atomic E-state index is 6.05. The summed E-state index contributed by atoms with van der Waals surface area (Å²) in [5, 5.41) is 7.43. The smallest absolute Gasteiger partial charge is 0.0438 e. The van der Waals surface area contributed by atoms with Gasteiger partial charge in [-0.25, -0.2) is 0 Å². The van der Waals surface area contributed by atoms with Gasteiger partial charge in [0.2, 0.25) is 0 Å². The lowest BCUT2D eigenvalue weighted by Crippen LogP contribution is -2.34. The van der Waals surface area contributed by atoms with Gasteiger partial charge in [-0.15, -0.1) is 0 Å². The molecule has 0 aliphatic carbocycles. The Balaban J connectivity index is 2.54. The number of rotatable bonds is 5. The molecule has 2 nitrogen and oxygen atoms in total. The Morgan fingerprint density at radius 2 is 2.13 bits per heavy atom. The molecule has 1 unspecified atom stereocenters. The highest BCUT2D eigenvalue weighted by molar-refractivity contribution is 6.31. The van der Waals surface area contributed by atoms with Crippen molar-refractivity contribution in [1.29, 1.82) is 0 Å². The van der Waals surface area contributed by atoms with Gasteiger partial charge in [0.25, 0.3) is 0 Å². The first-order chi connectivity index (χ1) is 7.15. The first kappa shape index (κ1) is 12.5. The van der Waals surface area contributed by atoms with E-state index in [-0.39, 0.29) is 0 Å². The molecule has 0 saturated carbocycles. The van der Waals surface area contributed by atoms with E-state index in [4.69, 9.17) is 11.6 Å². The highest BCUT2D eigenvalue weighted by Gasteiger charge is 2.03. The van der Waals surface area contributed by atoms with Gasteiger partial charge in [0.1, 0.15) is 0 Å². The van der Waals surface area contributed by atoms with Crippen molar-refractivity contribution in [3.8, 4) is 0 Å². The van der Waals surface area contributed by atoms with Crippen molar-refractivity contribution in [2.45, 2.75) is 26.4 Å². The molecule has 0 radical (unpaired) electrons. The van der Waals surface area contributed by atoms with Gasteiger partial charge >= 0.3 is 0 Å². The van der Waals surface area contributed by atoms with Crippen LogP contribution in [0.2, 0.25) is 5.02 Å². The minimum Gasteiger partial charge on any atom is -0.318 e. The van der Waals surface area contributed by atoms with Crippen molar-refractivity contribution >= 4 is 11.6 Å². The zero-order valence-corrected chi connectivity index (χ0v) is 10.4. The van der Waals surface area contributed by atoms with Gasteiger partial charge in [0.15, 0.2) is 0 Å². The molecule has 3 heteroatoms. The number of hydrogen-bond acceptors (Lipinski definition) is 2. The summed E-state index contributed by atoms with van der Waals surface area (Å²) in [6.45, 7) is 6.06. The normalized spacial score (nSPS) is 12.8. The third-order valence-electron chi connectivity index (χ3n) is 2.53. The Labute approximate surface area is 97.0 Å². The van der Waals surface area contributed by atoms with Gasteiger partial charge in [-0.05, 0) is 38.1 Å². The summed E-state index contributed by atoms with van der Waals surface area (Å²) in [5.41, 5.74) is 2.44. The molecule has 1 atom stereocenters. The molecule has 0 spiro atoms. The lowest BCUT2D eigenvalue weighted by molar-refractivity contribution is 0.522. The van der Waals surface area contributed by atoms with Crippen LogP contribution in [0.4, 0.5) is 0 Å². The number of halogens is 1. The van der Waals surface area contributed by atoms with Gasteiger partial charge < -0.3 is 10.6 Å². The Hall–Kier alpha value is -0.570. The van der Waals surface area contributed by atoms with Crippen LogP contribution in [0.1, 0.15) is 18.1 Å². The van der Waals surface area contributed by atoms with Crippen LogP contribution in [0.5, 0.6) is 0 Å². The fraction of sp³-hybridized carbons (Fsp3) is 0.500. The first-order valence-electron chi connectivity index (χ1n) is 5.27. The zero-order chi connectivity index (χ0) is 11.3. The van der Waals surface area contributed by atoms with Crippen molar-refractivity contribution in [1.82, 2.24) is 10.6 Å². The van der Waals surface area contributed by atoms with Crippen LogP contribution in [0.3, 0.4) is 0 Å². The predicted octanol–water partition coefficient (Wildman–Crippen LogP) is 2.35. The first-order valence-corrected chi connectivity index (χ1v) is 5.65. The molecule has 0 saturated heterocycles. The molecule has 1 aromatic rings. The second-order valence-corrected chi connectivity index (χ2v) is 4.27. The molecule has 0 aromatic heterocycles. The van der Waals surface area contributed by atoms with Crippen molar-refractivity contribution in [3.05, 3.63) is 34.3 Å². The number of likely N-dealkylation sites (N-methyl/N-ethyl adjacent to an activating group) is 1. The van der Waals surface area contributed by atoms with Crippen LogP contribution in [-0.2, 0) is 6.54 Å². The van der Waals surface area contributed by atoms with Gasteiger partial charge in [-0.2, -0.15) is 0 Å². The Bertz CT molecular complexity index is 312. The summed E-state index contributed by atoms with van der Waals surface area (Å²) >= 11 is 6.05. The van der Waals surface area contributed by atoms with Crippen LogP contribution < -0.4 is 10.6 Å². The van der Waals surface area contributed by atoms with Crippen LogP contribution in [0, 0.1) is 6.92 Å². The molecule has 15 heavy (non-hydrogen) atoms. The molecule has 0 heterocycles. The van der Waals surface area contributed by atoms with Crippen LogP contribution in [0.15, 0.2) is 18.2 Å². The molecule has 0 amide bonds. The van der Waals surface area contributed by atoms with Crippen molar-refractivity contribution in [2.75, 3.05) is 13.6 Å². The average Bonchev–Trinajstić information content (AvgIpc) is 2.21. The fourth-order valence-corrected chi connectivity index (χ4v) is 1.70. The standard InChI is InChI=1S/C12H19ClN2/c1-9(7-14-3)15-8-11-5-4-6-12(13)10(11)2/h4-6,9,14-15H,7-8H2,1-3H3. The summed E-state index contributed by atoms with van der Waals surface area (Å²) in [4.78, 5) is 0. The van der Waals surface area contributed by atoms with Crippen LogP contribution >= 0.6 is 11.6 Å². The maximum Gasteiger partial charge on any atom is 0.0438 e. The minimum atomic E-state index is 0.466. The topological polar surface area (TPSA) is 24.1 Å². The van der Waals surface area contributed by atoms with E-state index in [1.807, 2.05) is 19.2 Å². The summed E-state index contributed by atoms with van der Waals surface area (Å²) < 4.78 is 0. The van der Waals surface area contributed by atoms with E-state index in [9.17, 15) is 0 Å². The second kappa shape index (κ2) is 6.11. The Kier molecular flexibility index (Phi) is 5.09. The molecule has 1 aromatic carbocycles. The third kappa shape index (κ3) is 3.82. The molecule has 1 rings (SSSR count). The number of benzene rings is 1. The van der Waals surface area contributed by atoms with E-state index < -0.39 is 0 Å². The Morgan fingerprint density at radius 3 is 2.80 bits per heavy atom. The molecule has 2 N–H and O–H groups in total. The molecule has 84 valence electrons. The predicted molar refractivity (Wildman–Crippen MR) is 66.4 cm³/mol.